The number of aliphatic carboxylic acids is 1. The summed E-state index contributed by atoms with van der Waals surface area (Å²) in [7, 11) is 0. The van der Waals surface area contributed by atoms with E-state index in [-0.39, 0.29) is 13.2 Å². The predicted molar refractivity (Wildman–Crippen MR) is 63.9 cm³/mol. The van der Waals surface area contributed by atoms with E-state index < -0.39 is 23.8 Å². The summed E-state index contributed by atoms with van der Waals surface area (Å²) in [6, 6.07) is 6.03. The van der Waals surface area contributed by atoms with Crippen LogP contribution in [0.1, 0.15) is 12.0 Å². The molecule has 1 amide bonds. The van der Waals surface area contributed by atoms with Crippen molar-refractivity contribution in [3.8, 4) is 0 Å². The van der Waals surface area contributed by atoms with Crippen LogP contribution in [0.2, 0.25) is 0 Å². The molecule has 0 bridgehead atoms. The lowest BCUT2D eigenvalue weighted by atomic mass is 10.1. The van der Waals surface area contributed by atoms with Gasteiger partial charge in [-0.1, -0.05) is 18.2 Å². The Labute approximate surface area is 109 Å². The normalized spacial score (nSPS) is 18.4. The number of hydrogen-bond acceptors (Lipinski definition) is 3. The number of hydrogen-bond donors (Lipinski definition) is 1. The van der Waals surface area contributed by atoms with E-state index >= 15 is 0 Å². The number of nitrogens with zero attached hydrogens (tertiary/aromatic N) is 1. The fraction of sp³-hybridized carbons (Fsp3) is 0.385. The van der Waals surface area contributed by atoms with E-state index in [4.69, 9.17) is 9.84 Å². The summed E-state index contributed by atoms with van der Waals surface area (Å²) in [4.78, 5) is 23.8. The minimum absolute atomic E-state index is 0.144. The van der Waals surface area contributed by atoms with Crippen LogP contribution in [-0.4, -0.2) is 35.2 Å². The summed E-state index contributed by atoms with van der Waals surface area (Å²) >= 11 is 0. The second-order valence-corrected chi connectivity index (χ2v) is 4.42. The quantitative estimate of drug-likeness (QED) is 0.907. The number of carboxylic acids is 1. The molecule has 1 aromatic rings. The van der Waals surface area contributed by atoms with Crippen molar-refractivity contribution in [3.05, 3.63) is 35.6 Å². The first kappa shape index (κ1) is 13.3. The molecule has 1 aliphatic heterocycles. The number of carboxylic acid groups (broad SMARTS) is 1. The molecule has 0 spiro atoms. The monoisotopic (exact) mass is 267 g/mol. The van der Waals surface area contributed by atoms with Crippen molar-refractivity contribution >= 4 is 12.1 Å². The summed E-state index contributed by atoms with van der Waals surface area (Å²) in [5.74, 6) is -1.88. The molecule has 102 valence electrons. The van der Waals surface area contributed by atoms with Gasteiger partial charge >= 0.3 is 12.1 Å². The van der Waals surface area contributed by atoms with Gasteiger partial charge in [0.25, 0.3) is 0 Å². The molecule has 6 heteroatoms. The van der Waals surface area contributed by atoms with Crippen LogP contribution in [0.15, 0.2) is 24.3 Å². The minimum Gasteiger partial charge on any atom is -0.481 e. The van der Waals surface area contributed by atoms with Gasteiger partial charge in [0.15, 0.2) is 0 Å². The standard InChI is InChI=1S/C13H14FNO4/c14-11-4-2-1-3-10(11)8-19-13(18)15-6-5-9(7-15)12(16)17/h1-4,9H,5-8H2,(H,16,17). The highest BCUT2D eigenvalue weighted by Crippen LogP contribution is 2.18. The maximum Gasteiger partial charge on any atom is 0.410 e. The molecule has 1 N–H and O–H groups in total. The van der Waals surface area contributed by atoms with E-state index in [0.29, 0.717) is 18.5 Å². The average Bonchev–Trinajstić information content (AvgIpc) is 2.87. The maximum absolute atomic E-state index is 13.3. The number of rotatable bonds is 3. The van der Waals surface area contributed by atoms with E-state index in [2.05, 4.69) is 0 Å². The Bertz CT molecular complexity index is 491. The first-order chi connectivity index (χ1) is 9.08. The van der Waals surface area contributed by atoms with E-state index in [0.717, 1.165) is 0 Å². The third-order valence-electron chi connectivity index (χ3n) is 3.10. The van der Waals surface area contributed by atoms with Crippen molar-refractivity contribution in [2.75, 3.05) is 13.1 Å². The summed E-state index contributed by atoms with van der Waals surface area (Å²) in [5, 5.41) is 8.83. The molecule has 1 aromatic carbocycles. The van der Waals surface area contributed by atoms with Crippen LogP contribution in [0.3, 0.4) is 0 Å². The number of carbonyl (C=O) groups excluding carboxylic acids is 1. The zero-order chi connectivity index (χ0) is 13.8. The molecule has 2 rings (SSSR count). The molecule has 0 aromatic heterocycles. The second kappa shape index (κ2) is 5.69. The van der Waals surface area contributed by atoms with Gasteiger partial charge in [-0.3, -0.25) is 4.79 Å². The van der Waals surface area contributed by atoms with Crippen molar-refractivity contribution in [1.29, 1.82) is 0 Å². The van der Waals surface area contributed by atoms with Crippen LogP contribution in [-0.2, 0) is 16.1 Å². The van der Waals surface area contributed by atoms with Crippen LogP contribution < -0.4 is 0 Å². The molecule has 1 atom stereocenters. The Morgan fingerprint density at radius 1 is 1.42 bits per heavy atom. The van der Waals surface area contributed by atoms with E-state index in [1.165, 1.54) is 17.0 Å². The molecule has 1 saturated heterocycles. The molecule has 1 aliphatic rings. The van der Waals surface area contributed by atoms with Gasteiger partial charge in [-0.2, -0.15) is 0 Å². The lowest BCUT2D eigenvalue weighted by molar-refractivity contribution is -0.141. The number of likely N-dealkylation sites (tertiary alicyclic amines) is 1. The predicted octanol–water partition coefficient (Wildman–Crippen LogP) is 1.87. The van der Waals surface area contributed by atoms with E-state index in [1.807, 2.05) is 0 Å². The Kier molecular flexibility index (Phi) is 3.99. The lowest BCUT2D eigenvalue weighted by Gasteiger charge is -2.15. The molecule has 5 nitrogen and oxygen atoms in total. The Balaban J connectivity index is 1.86. The highest BCUT2D eigenvalue weighted by atomic mass is 19.1. The third kappa shape index (κ3) is 3.21. The Hall–Kier alpha value is -2.11. The first-order valence-corrected chi connectivity index (χ1v) is 5.96. The van der Waals surface area contributed by atoms with Crippen molar-refractivity contribution in [2.24, 2.45) is 5.92 Å². The molecule has 19 heavy (non-hydrogen) atoms. The molecular formula is C13H14FNO4. The topological polar surface area (TPSA) is 66.8 Å². The van der Waals surface area contributed by atoms with Gasteiger partial charge in [-0.25, -0.2) is 9.18 Å². The highest BCUT2D eigenvalue weighted by molar-refractivity contribution is 5.74. The lowest BCUT2D eigenvalue weighted by Crippen LogP contribution is -2.30. The molecule has 0 saturated carbocycles. The number of halogens is 1. The fourth-order valence-electron chi connectivity index (χ4n) is 1.97. The van der Waals surface area contributed by atoms with Gasteiger partial charge in [0.2, 0.25) is 0 Å². The Morgan fingerprint density at radius 2 is 2.16 bits per heavy atom. The summed E-state index contributed by atoms with van der Waals surface area (Å²) < 4.78 is 18.3. The first-order valence-electron chi connectivity index (χ1n) is 5.96. The fourth-order valence-corrected chi connectivity index (χ4v) is 1.97. The average molecular weight is 267 g/mol. The van der Waals surface area contributed by atoms with Crippen LogP contribution >= 0.6 is 0 Å². The number of benzene rings is 1. The number of carbonyl (C=O) groups is 2. The van der Waals surface area contributed by atoms with Crippen molar-refractivity contribution in [2.45, 2.75) is 13.0 Å². The maximum atomic E-state index is 13.3. The molecule has 1 heterocycles. The number of amides is 1. The largest absolute Gasteiger partial charge is 0.481 e. The molecule has 0 aliphatic carbocycles. The summed E-state index contributed by atoms with van der Waals surface area (Å²) in [5.41, 5.74) is 0.296. The van der Waals surface area contributed by atoms with Crippen LogP contribution in [0.25, 0.3) is 0 Å². The highest BCUT2D eigenvalue weighted by Gasteiger charge is 2.31. The SMILES string of the molecule is O=C(O)C1CCN(C(=O)OCc2ccccc2F)C1. The smallest absolute Gasteiger partial charge is 0.410 e. The van der Waals surface area contributed by atoms with Crippen molar-refractivity contribution in [3.63, 3.8) is 0 Å². The minimum atomic E-state index is -0.913. The van der Waals surface area contributed by atoms with Gasteiger partial charge in [0.05, 0.1) is 5.92 Å². The molecule has 0 radical (unpaired) electrons. The van der Waals surface area contributed by atoms with Crippen molar-refractivity contribution < 1.29 is 23.8 Å². The third-order valence-corrected chi connectivity index (χ3v) is 3.10. The zero-order valence-electron chi connectivity index (χ0n) is 10.2. The van der Waals surface area contributed by atoms with Gasteiger partial charge < -0.3 is 14.7 Å². The van der Waals surface area contributed by atoms with Crippen LogP contribution in [0, 0.1) is 11.7 Å². The Morgan fingerprint density at radius 3 is 2.79 bits per heavy atom. The van der Waals surface area contributed by atoms with Gasteiger partial charge in [0, 0.05) is 18.7 Å². The van der Waals surface area contributed by atoms with Crippen LogP contribution in [0.4, 0.5) is 9.18 Å². The van der Waals surface area contributed by atoms with Crippen molar-refractivity contribution in [1.82, 2.24) is 4.90 Å². The van der Waals surface area contributed by atoms with Gasteiger partial charge in [-0.15, -0.1) is 0 Å². The number of ether oxygens (including phenoxy) is 1. The second-order valence-electron chi connectivity index (χ2n) is 4.42. The van der Waals surface area contributed by atoms with Crippen LogP contribution in [0.5, 0.6) is 0 Å². The van der Waals surface area contributed by atoms with E-state index in [9.17, 15) is 14.0 Å². The zero-order valence-corrected chi connectivity index (χ0v) is 10.2. The van der Waals surface area contributed by atoms with Gasteiger partial charge in [0.1, 0.15) is 12.4 Å². The van der Waals surface area contributed by atoms with E-state index in [1.54, 1.807) is 12.1 Å². The van der Waals surface area contributed by atoms with Gasteiger partial charge in [-0.05, 0) is 12.5 Å². The summed E-state index contributed by atoms with van der Waals surface area (Å²) in [6.07, 6.45) is -0.184. The molecule has 1 fully saturated rings. The summed E-state index contributed by atoms with van der Waals surface area (Å²) in [6.45, 7) is 0.345. The molecular weight excluding hydrogens is 253 g/mol. The molecule has 1 unspecified atom stereocenters.